The molecule has 0 aromatic heterocycles. The average molecular weight is 413 g/mol. The van der Waals surface area contributed by atoms with Crippen LogP contribution in [0.4, 0.5) is 18.9 Å². The maximum absolute atomic E-state index is 12.9. The Balaban J connectivity index is 1.30. The zero-order valence-electron chi connectivity index (χ0n) is 16.7. The third kappa shape index (κ3) is 6.89. The van der Waals surface area contributed by atoms with Crippen LogP contribution in [0, 0.1) is 0 Å². The molecule has 0 bridgehead atoms. The van der Waals surface area contributed by atoms with Crippen molar-refractivity contribution in [2.75, 3.05) is 50.8 Å². The summed E-state index contributed by atoms with van der Waals surface area (Å²) in [7, 11) is 0. The summed E-state index contributed by atoms with van der Waals surface area (Å²) in [5.41, 5.74) is 0.0130. The Bertz CT molecular complexity index is 655. The van der Waals surface area contributed by atoms with Gasteiger partial charge in [-0.05, 0) is 44.0 Å². The number of hydrogen-bond acceptors (Lipinski definition) is 4. The van der Waals surface area contributed by atoms with Crippen molar-refractivity contribution < 1.29 is 22.7 Å². The fourth-order valence-corrected chi connectivity index (χ4v) is 3.94. The van der Waals surface area contributed by atoms with Crippen LogP contribution in [0.2, 0.25) is 0 Å². The smallest absolute Gasteiger partial charge is 0.369 e. The van der Waals surface area contributed by atoms with E-state index in [1.165, 1.54) is 25.0 Å². The van der Waals surface area contributed by atoms with Gasteiger partial charge in [-0.1, -0.05) is 18.9 Å². The maximum Gasteiger partial charge on any atom is 0.416 e. The van der Waals surface area contributed by atoms with E-state index in [1.54, 1.807) is 6.07 Å². The van der Waals surface area contributed by atoms with Crippen molar-refractivity contribution in [3.63, 3.8) is 0 Å². The van der Waals surface area contributed by atoms with Gasteiger partial charge in [0.05, 0.1) is 11.7 Å². The van der Waals surface area contributed by atoms with Crippen LogP contribution < -0.4 is 10.2 Å². The number of benzene rings is 1. The van der Waals surface area contributed by atoms with Crippen molar-refractivity contribution in [2.45, 2.75) is 44.4 Å². The fourth-order valence-electron chi connectivity index (χ4n) is 3.94. The number of nitrogens with zero attached hydrogens (tertiary/aromatic N) is 2. The lowest BCUT2D eigenvalue weighted by Gasteiger charge is -2.36. The third-order valence-electron chi connectivity index (χ3n) is 5.64. The number of carbonyl (C=O) groups excluding carboxylic acids is 1. The van der Waals surface area contributed by atoms with Crippen molar-refractivity contribution in [1.82, 2.24) is 10.2 Å². The first-order valence-electron chi connectivity index (χ1n) is 10.4. The molecule has 1 saturated carbocycles. The van der Waals surface area contributed by atoms with Gasteiger partial charge in [-0.15, -0.1) is 0 Å². The van der Waals surface area contributed by atoms with Crippen molar-refractivity contribution in [2.24, 2.45) is 0 Å². The van der Waals surface area contributed by atoms with Crippen LogP contribution in [-0.2, 0) is 15.7 Å². The van der Waals surface area contributed by atoms with Gasteiger partial charge in [-0.2, -0.15) is 13.2 Å². The number of hydrogen-bond donors (Lipinski definition) is 1. The molecule has 1 aliphatic carbocycles. The molecular formula is C21H30F3N3O2. The number of amides is 1. The molecule has 0 spiro atoms. The van der Waals surface area contributed by atoms with Crippen LogP contribution in [0.15, 0.2) is 24.3 Å². The number of halogens is 3. The Morgan fingerprint density at radius 2 is 1.86 bits per heavy atom. The molecule has 1 aromatic carbocycles. The van der Waals surface area contributed by atoms with E-state index in [1.807, 2.05) is 4.90 Å². The van der Waals surface area contributed by atoms with Gasteiger partial charge < -0.3 is 15.0 Å². The van der Waals surface area contributed by atoms with E-state index in [0.29, 0.717) is 25.3 Å². The molecule has 0 radical (unpaired) electrons. The second-order valence-electron chi connectivity index (χ2n) is 7.80. The molecular weight excluding hydrogens is 383 g/mol. The van der Waals surface area contributed by atoms with Crippen LogP contribution in [0.25, 0.3) is 0 Å². The summed E-state index contributed by atoms with van der Waals surface area (Å²) in [5, 5.41) is 2.89. The van der Waals surface area contributed by atoms with Crippen LogP contribution in [0.1, 0.15) is 37.7 Å². The first kappa shape index (κ1) is 21.9. The molecule has 1 amide bonds. The summed E-state index contributed by atoms with van der Waals surface area (Å²) >= 11 is 0. The fraction of sp³-hybridized carbons (Fsp3) is 0.667. The molecule has 2 aliphatic rings. The second-order valence-corrected chi connectivity index (χ2v) is 7.80. The molecule has 1 N–H and O–H groups in total. The molecule has 0 unspecified atom stereocenters. The lowest BCUT2D eigenvalue weighted by atomic mass is 10.1. The van der Waals surface area contributed by atoms with E-state index in [-0.39, 0.29) is 18.6 Å². The zero-order chi connectivity index (χ0) is 20.7. The standard InChI is InChI=1S/C21H30F3N3O2/c22-21(23,24)17-5-3-6-18(15-17)27-13-11-26(12-14-27)10-4-9-25-20(28)16-29-19-7-1-2-8-19/h3,5-6,15,19H,1-2,4,7-14,16H2,(H,25,28). The Morgan fingerprint density at radius 3 is 2.55 bits per heavy atom. The molecule has 1 aliphatic heterocycles. The molecule has 5 nitrogen and oxygen atoms in total. The largest absolute Gasteiger partial charge is 0.416 e. The third-order valence-corrected chi connectivity index (χ3v) is 5.64. The van der Waals surface area contributed by atoms with Gasteiger partial charge in [-0.3, -0.25) is 9.69 Å². The van der Waals surface area contributed by atoms with Gasteiger partial charge in [0.1, 0.15) is 6.61 Å². The summed E-state index contributed by atoms with van der Waals surface area (Å²) < 4.78 is 44.3. The molecule has 162 valence electrons. The van der Waals surface area contributed by atoms with Gasteiger partial charge >= 0.3 is 6.18 Å². The number of carbonyl (C=O) groups is 1. The maximum atomic E-state index is 12.9. The minimum Gasteiger partial charge on any atom is -0.369 e. The summed E-state index contributed by atoms with van der Waals surface area (Å²) in [6.45, 7) is 4.61. The van der Waals surface area contributed by atoms with E-state index in [9.17, 15) is 18.0 Å². The Hall–Kier alpha value is -1.80. The van der Waals surface area contributed by atoms with Crippen LogP contribution >= 0.6 is 0 Å². The normalized spacial score (nSPS) is 18.9. The minimum atomic E-state index is -4.32. The lowest BCUT2D eigenvalue weighted by molar-refractivity contribution is -0.137. The molecule has 8 heteroatoms. The van der Waals surface area contributed by atoms with Crippen molar-refractivity contribution >= 4 is 11.6 Å². The number of nitrogens with one attached hydrogen (secondary N) is 1. The van der Waals surface area contributed by atoms with E-state index in [0.717, 1.165) is 45.0 Å². The summed E-state index contributed by atoms with van der Waals surface area (Å²) in [4.78, 5) is 16.1. The molecule has 2 fully saturated rings. The van der Waals surface area contributed by atoms with E-state index < -0.39 is 11.7 Å². The van der Waals surface area contributed by atoms with Crippen molar-refractivity contribution in [1.29, 1.82) is 0 Å². The molecule has 1 saturated heterocycles. The quantitative estimate of drug-likeness (QED) is 0.665. The molecule has 3 rings (SSSR count). The molecule has 1 heterocycles. The Kier molecular flexibility index (Phi) is 7.77. The van der Waals surface area contributed by atoms with E-state index in [2.05, 4.69) is 10.2 Å². The predicted molar refractivity (Wildman–Crippen MR) is 106 cm³/mol. The summed E-state index contributed by atoms with van der Waals surface area (Å²) in [6.07, 6.45) is 1.26. The minimum absolute atomic E-state index is 0.0636. The van der Waals surface area contributed by atoms with Crippen molar-refractivity contribution in [3.8, 4) is 0 Å². The molecule has 0 atom stereocenters. The number of anilines is 1. The Labute approximate surface area is 170 Å². The number of ether oxygens (including phenoxy) is 1. The molecule has 1 aromatic rings. The average Bonchev–Trinajstić information content (AvgIpc) is 3.23. The van der Waals surface area contributed by atoms with Crippen LogP contribution in [0.5, 0.6) is 0 Å². The highest BCUT2D eigenvalue weighted by Crippen LogP contribution is 2.31. The summed E-state index contributed by atoms with van der Waals surface area (Å²) in [6, 6.07) is 5.52. The highest BCUT2D eigenvalue weighted by Gasteiger charge is 2.31. The SMILES string of the molecule is O=C(COC1CCCC1)NCCCN1CCN(c2cccc(C(F)(F)F)c2)CC1. The van der Waals surface area contributed by atoms with Crippen molar-refractivity contribution in [3.05, 3.63) is 29.8 Å². The Morgan fingerprint density at radius 1 is 1.14 bits per heavy atom. The van der Waals surface area contributed by atoms with Gasteiger partial charge in [0.15, 0.2) is 0 Å². The zero-order valence-corrected chi connectivity index (χ0v) is 16.7. The number of alkyl halides is 3. The van der Waals surface area contributed by atoms with Crippen LogP contribution in [0.3, 0.4) is 0 Å². The number of rotatable bonds is 8. The predicted octanol–water partition coefficient (Wildman–Crippen LogP) is 3.29. The first-order valence-corrected chi connectivity index (χ1v) is 10.4. The molecule has 29 heavy (non-hydrogen) atoms. The van der Waals surface area contributed by atoms with Crippen LogP contribution in [-0.4, -0.2) is 62.8 Å². The lowest BCUT2D eigenvalue weighted by Crippen LogP contribution is -2.47. The summed E-state index contributed by atoms with van der Waals surface area (Å²) in [5.74, 6) is -0.0636. The second kappa shape index (κ2) is 10.3. The number of piperazine rings is 1. The monoisotopic (exact) mass is 413 g/mol. The van der Waals surface area contributed by atoms with E-state index in [4.69, 9.17) is 4.74 Å². The van der Waals surface area contributed by atoms with Gasteiger partial charge in [0, 0.05) is 38.4 Å². The van der Waals surface area contributed by atoms with E-state index >= 15 is 0 Å². The highest BCUT2D eigenvalue weighted by atomic mass is 19.4. The van der Waals surface area contributed by atoms with Gasteiger partial charge in [0.2, 0.25) is 5.91 Å². The van der Waals surface area contributed by atoms with Gasteiger partial charge in [-0.25, -0.2) is 0 Å². The van der Waals surface area contributed by atoms with Gasteiger partial charge in [0.25, 0.3) is 0 Å². The highest BCUT2D eigenvalue weighted by molar-refractivity contribution is 5.77. The topological polar surface area (TPSA) is 44.8 Å². The first-order chi connectivity index (χ1) is 13.9.